The molecule has 0 saturated carbocycles. The van der Waals surface area contributed by atoms with Crippen molar-refractivity contribution in [1.29, 1.82) is 0 Å². The number of ether oxygens (including phenoxy) is 1. The zero-order valence-corrected chi connectivity index (χ0v) is 10.1. The highest BCUT2D eigenvalue weighted by Crippen LogP contribution is 2.29. The Balaban J connectivity index is 2.65. The van der Waals surface area contributed by atoms with Crippen LogP contribution < -0.4 is 0 Å². The van der Waals surface area contributed by atoms with E-state index in [9.17, 15) is 15.3 Å². The van der Waals surface area contributed by atoms with Crippen LogP contribution in [0.5, 0.6) is 0 Å². The third kappa shape index (κ3) is 3.07. The number of rotatable bonds is 3. The summed E-state index contributed by atoms with van der Waals surface area (Å²) in [6.07, 6.45) is -1.02. The van der Waals surface area contributed by atoms with E-state index in [0.717, 1.165) is 0 Å². The minimum absolute atomic E-state index is 0.384. The van der Waals surface area contributed by atoms with E-state index < -0.39 is 23.7 Å². The molecular formula is C10H20O4S. The smallest absolute Gasteiger partial charge is 0.132 e. The van der Waals surface area contributed by atoms with Crippen molar-refractivity contribution in [3.63, 3.8) is 0 Å². The lowest BCUT2D eigenvalue weighted by atomic mass is 9.94. The summed E-state index contributed by atoms with van der Waals surface area (Å²) in [5.41, 5.74) is -0.452. The molecule has 4 nitrogen and oxygen atoms in total. The van der Waals surface area contributed by atoms with Gasteiger partial charge in [0, 0.05) is 0 Å². The normalized spacial score (nSPS) is 42.2. The van der Waals surface area contributed by atoms with Crippen LogP contribution in [0.25, 0.3) is 0 Å². The molecule has 0 bridgehead atoms. The molecule has 0 amide bonds. The second-order valence-corrected chi connectivity index (χ2v) is 5.32. The first-order valence-electron chi connectivity index (χ1n) is 5.19. The summed E-state index contributed by atoms with van der Waals surface area (Å²) in [6.45, 7) is 4.06. The summed E-state index contributed by atoms with van der Waals surface area (Å²) in [6, 6.07) is 0. The van der Waals surface area contributed by atoms with E-state index in [0.29, 0.717) is 12.3 Å². The van der Waals surface area contributed by atoms with Gasteiger partial charge in [-0.1, -0.05) is 13.8 Å². The number of thioether (sulfide) groups is 1. The lowest BCUT2D eigenvalue weighted by Gasteiger charge is -2.40. The maximum Gasteiger partial charge on any atom is 0.132 e. The summed E-state index contributed by atoms with van der Waals surface area (Å²) in [7, 11) is 0. The fourth-order valence-electron chi connectivity index (χ4n) is 1.77. The van der Waals surface area contributed by atoms with Gasteiger partial charge in [0.15, 0.2) is 0 Å². The third-order valence-corrected chi connectivity index (χ3v) is 3.46. The number of hydrogen-bond donors (Lipinski definition) is 3. The van der Waals surface area contributed by atoms with E-state index in [4.69, 9.17) is 4.74 Å². The highest BCUT2D eigenvalue weighted by molar-refractivity contribution is 7.99. The van der Waals surface area contributed by atoms with Crippen molar-refractivity contribution in [2.75, 3.05) is 6.26 Å². The Labute approximate surface area is 94.6 Å². The fourth-order valence-corrected chi connectivity index (χ4v) is 2.46. The number of aliphatic hydroxyl groups excluding tert-OH is 3. The van der Waals surface area contributed by atoms with Crippen molar-refractivity contribution in [1.82, 2.24) is 0 Å². The lowest BCUT2D eigenvalue weighted by molar-refractivity contribution is -0.201. The molecule has 1 aliphatic heterocycles. The molecule has 15 heavy (non-hydrogen) atoms. The molecule has 0 aromatic rings. The monoisotopic (exact) mass is 236 g/mol. The van der Waals surface area contributed by atoms with Crippen molar-refractivity contribution < 1.29 is 20.1 Å². The minimum Gasteiger partial charge on any atom is -0.388 e. The SMILES string of the molecule is CS[C@H]1OC(CC(C)C)[C@H](O)[C@H](O)[C@H]1O. The van der Waals surface area contributed by atoms with Crippen LogP contribution in [0.3, 0.4) is 0 Å². The highest BCUT2D eigenvalue weighted by atomic mass is 32.2. The molecule has 1 heterocycles. The zero-order valence-electron chi connectivity index (χ0n) is 9.33. The molecule has 1 fully saturated rings. The summed E-state index contributed by atoms with van der Waals surface area (Å²) in [4.78, 5) is 0. The molecule has 1 aliphatic rings. The minimum atomic E-state index is -1.11. The van der Waals surface area contributed by atoms with Gasteiger partial charge in [-0.3, -0.25) is 0 Å². The van der Waals surface area contributed by atoms with Crippen LogP contribution in [0.15, 0.2) is 0 Å². The molecule has 90 valence electrons. The van der Waals surface area contributed by atoms with Crippen LogP contribution in [0.4, 0.5) is 0 Å². The first-order valence-corrected chi connectivity index (χ1v) is 6.48. The van der Waals surface area contributed by atoms with E-state index in [-0.39, 0.29) is 6.10 Å². The van der Waals surface area contributed by atoms with Crippen molar-refractivity contribution >= 4 is 11.8 Å². The molecule has 0 radical (unpaired) electrons. The molecule has 0 aromatic carbocycles. The van der Waals surface area contributed by atoms with Gasteiger partial charge in [-0.2, -0.15) is 0 Å². The van der Waals surface area contributed by atoms with E-state index in [1.165, 1.54) is 11.8 Å². The van der Waals surface area contributed by atoms with Gasteiger partial charge in [0.05, 0.1) is 6.10 Å². The lowest BCUT2D eigenvalue weighted by Crippen LogP contribution is -2.56. The van der Waals surface area contributed by atoms with Gasteiger partial charge in [0.25, 0.3) is 0 Å². The molecule has 3 N–H and O–H groups in total. The van der Waals surface area contributed by atoms with Gasteiger partial charge in [0.2, 0.25) is 0 Å². The van der Waals surface area contributed by atoms with Crippen LogP contribution in [0.1, 0.15) is 20.3 Å². The largest absolute Gasteiger partial charge is 0.388 e. The topological polar surface area (TPSA) is 69.9 Å². The van der Waals surface area contributed by atoms with Gasteiger partial charge < -0.3 is 20.1 Å². The van der Waals surface area contributed by atoms with E-state index in [1.54, 1.807) is 0 Å². The van der Waals surface area contributed by atoms with Crippen molar-refractivity contribution in [2.45, 2.75) is 50.1 Å². The highest BCUT2D eigenvalue weighted by Gasteiger charge is 2.43. The summed E-state index contributed by atoms with van der Waals surface area (Å²) in [5, 5.41) is 29.0. The van der Waals surface area contributed by atoms with Crippen molar-refractivity contribution in [3.8, 4) is 0 Å². The van der Waals surface area contributed by atoms with Crippen LogP contribution in [-0.4, -0.2) is 51.4 Å². The van der Waals surface area contributed by atoms with Crippen LogP contribution in [-0.2, 0) is 4.74 Å². The number of hydrogen-bond acceptors (Lipinski definition) is 5. The predicted molar refractivity (Wildman–Crippen MR) is 59.7 cm³/mol. The van der Waals surface area contributed by atoms with Gasteiger partial charge in [-0.25, -0.2) is 0 Å². The quantitative estimate of drug-likeness (QED) is 0.653. The predicted octanol–water partition coefficient (Wildman–Crippen LogP) is 0.203. The van der Waals surface area contributed by atoms with Crippen LogP contribution in [0.2, 0.25) is 0 Å². The average molecular weight is 236 g/mol. The zero-order chi connectivity index (χ0) is 11.6. The molecule has 0 aliphatic carbocycles. The Kier molecular flexibility index (Phi) is 4.86. The summed E-state index contributed by atoms with van der Waals surface area (Å²) in [5.74, 6) is 0.384. The molecule has 1 unspecified atom stereocenters. The second kappa shape index (κ2) is 5.50. The second-order valence-electron chi connectivity index (χ2n) is 4.38. The Morgan fingerprint density at radius 1 is 1.13 bits per heavy atom. The third-order valence-electron chi connectivity index (χ3n) is 2.60. The van der Waals surface area contributed by atoms with E-state index in [1.807, 2.05) is 20.1 Å². The fraction of sp³-hybridized carbons (Fsp3) is 1.00. The maximum atomic E-state index is 9.73. The van der Waals surface area contributed by atoms with Crippen LogP contribution >= 0.6 is 11.8 Å². The molecular weight excluding hydrogens is 216 g/mol. The molecule has 5 heteroatoms. The van der Waals surface area contributed by atoms with Crippen molar-refractivity contribution in [2.24, 2.45) is 5.92 Å². The van der Waals surface area contributed by atoms with Gasteiger partial charge in [-0.05, 0) is 18.6 Å². The standard InChI is InChI=1S/C10H20O4S/c1-5(2)4-6-7(11)8(12)9(13)10(14-6)15-3/h5-13H,4H2,1-3H3/t6?,7-,8-,9+,10+/m0/s1. The van der Waals surface area contributed by atoms with Gasteiger partial charge in [0.1, 0.15) is 23.7 Å². The van der Waals surface area contributed by atoms with E-state index in [2.05, 4.69) is 0 Å². The van der Waals surface area contributed by atoms with Crippen molar-refractivity contribution in [3.05, 3.63) is 0 Å². The van der Waals surface area contributed by atoms with Gasteiger partial charge >= 0.3 is 0 Å². The number of aliphatic hydroxyl groups is 3. The molecule has 0 aromatic heterocycles. The van der Waals surface area contributed by atoms with E-state index >= 15 is 0 Å². The Morgan fingerprint density at radius 3 is 2.20 bits per heavy atom. The Morgan fingerprint density at radius 2 is 1.73 bits per heavy atom. The Hall–Kier alpha value is 0.190. The molecule has 5 atom stereocenters. The molecule has 1 rings (SSSR count). The first-order chi connectivity index (χ1) is 6.97. The average Bonchev–Trinajstić information content (AvgIpc) is 2.18. The summed E-state index contributed by atoms with van der Waals surface area (Å²) >= 11 is 1.35. The molecule has 1 saturated heterocycles. The summed E-state index contributed by atoms with van der Waals surface area (Å²) < 4.78 is 5.54. The first kappa shape index (κ1) is 13.3. The Bertz CT molecular complexity index is 198. The molecule has 0 spiro atoms. The van der Waals surface area contributed by atoms with Gasteiger partial charge in [-0.15, -0.1) is 11.8 Å². The maximum absolute atomic E-state index is 9.73. The van der Waals surface area contributed by atoms with Crippen LogP contribution in [0, 0.1) is 5.92 Å².